The highest BCUT2D eigenvalue weighted by Gasteiger charge is 2.16. The summed E-state index contributed by atoms with van der Waals surface area (Å²) in [5, 5.41) is 3.27. The molecule has 0 saturated carbocycles. The zero-order chi connectivity index (χ0) is 13.5. The van der Waals surface area contributed by atoms with Gasteiger partial charge in [-0.15, -0.1) is 0 Å². The first-order chi connectivity index (χ1) is 8.58. The van der Waals surface area contributed by atoms with Gasteiger partial charge in [-0.05, 0) is 39.4 Å². The lowest BCUT2D eigenvalue weighted by Crippen LogP contribution is -2.37. The molecule has 0 heterocycles. The highest BCUT2D eigenvalue weighted by molar-refractivity contribution is 5.93. The second-order valence-electron chi connectivity index (χ2n) is 4.64. The molecule has 0 spiro atoms. The molecular weight excluding hydrogens is 224 g/mol. The van der Waals surface area contributed by atoms with Crippen molar-refractivity contribution in [2.75, 3.05) is 18.0 Å². The molecule has 1 N–H and O–H groups in total. The molecule has 100 valence electrons. The smallest absolute Gasteiger partial charge is 0.228 e. The van der Waals surface area contributed by atoms with Crippen LogP contribution in [0.1, 0.15) is 32.8 Å². The Morgan fingerprint density at radius 2 is 1.89 bits per heavy atom. The van der Waals surface area contributed by atoms with Crippen LogP contribution >= 0.6 is 0 Å². The second-order valence-corrected chi connectivity index (χ2v) is 4.64. The molecule has 3 nitrogen and oxygen atoms in total. The number of carbonyl (C=O) groups excluding carboxylic acids is 1. The summed E-state index contributed by atoms with van der Waals surface area (Å²) >= 11 is 0. The molecule has 0 aliphatic carbocycles. The maximum Gasteiger partial charge on any atom is 0.228 e. The molecule has 0 aliphatic heterocycles. The summed E-state index contributed by atoms with van der Waals surface area (Å²) in [5.74, 6) is 0.176. The summed E-state index contributed by atoms with van der Waals surface area (Å²) in [5.41, 5.74) is 2.19. The second kappa shape index (κ2) is 7.17. The van der Waals surface area contributed by atoms with Crippen molar-refractivity contribution >= 4 is 11.6 Å². The standard InChI is InChI=1S/C15H24N2O/c1-5-16-13(4)11-15(18)17(6-2)14-9-7-12(3)8-10-14/h7-10,13,16H,5-6,11H2,1-4H3. The first kappa shape index (κ1) is 14.7. The van der Waals surface area contributed by atoms with Crippen LogP contribution in [0.3, 0.4) is 0 Å². The molecule has 1 aromatic carbocycles. The van der Waals surface area contributed by atoms with E-state index in [0.717, 1.165) is 12.2 Å². The van der Waals surface area contributed by atoms with E-state index in [1.807, 2.05) is 43.0 Å². The van der Waals surface area contributed by atoms with Crippen LogP contribution in [0, 0.1) is 6.92 Å². The molecule has 3 heteroatoms. The van der Waals surface area contributed by atoms with Gasteiger partial charge in [0, 0.05) is 24.7 Å². The van der Waals surface area contributed by atoms with Gasteiger partial charge in [-0.3, -0.25) is 4.79 Å². The van der Waals surface area contributed by atoms with Crippen LogP contribution in [0.4, 0.5) is 5.69 Å². The van der Waals surface area contributed by atoms with Gasteiger partial charge in [0.1, 0.15) is 0 Å². The third-order valence-corrected chi connectivity index (χ3v) is 3.00. The predicted octanol–water partition coefficient (Wildman–Crippen LogP) is 2.74. The number of amides is 1. The Balaban J connectivity index is 2.71. The normalized spacial score (nSPS) is 12.2. The summed E-state index contributed by atoms with van der Waals surface area (Å²) < 4.78 is 0. The van der Waals surface area contributed by atoms with E-state index in [0.29, 0.717) is 13.0 Å². The SMILES string of the molecule is CCNC(C)CC(=O)N(CC)c1ccc(C)cc1. The third-order valence-electron chi connectivity index (χ3n) is 3.00. The van der Waals surface area contributed by atoms with Crippen LogP contribution in [0.15, 0.2) is 24.3 Å². The molecule has 0 aliphatic rings. The summed E-state index contributed by atoms with van der Waals surface area (Å²) in [4.78, 5) is 14.1. The van der Waals surface area contributed by atoms with Crippen LogP contribution in [0.25, 0.3) is 0 Å². The minimum Gasteiger partial charge on any atom is -0.314 e. The molecule has 1 aromatic rings. The Bertz CT molecular complexity index is 373. The first-order valence-corrected chi connectivity index (χ1v) is 6.68. The van der Waals surface area contributed by atoms with E-state index >= 15 is 0 Å². The van der Waals surface area contributed by atoms with Crippen LogP contribution in [0.2, 0.25) is 0 Å². The fraction of sp³-hybridized carbons (Fsp3) is 0.533. The highest BCUT2D eigenvalue weighted by atomic mass is 16.2. The number of hydrogen-bond donors (Lipinski definition) is 1. The van der Waals surface area contributed by atoms with Crippen molar-refractivity contribution < 1.29 is 4.79 Å². The Hall–Kier alpha value is -1.35. The maximum atomic E-state index is 12.2. The van der Waals surface area contributed by atoms with Crippen LogP contribution in [-0.2, 0) is 4.79 Å². The summed E-state index contributed by atoms with van der Waals surface area (Å²) in [7, 11) is 0. The van der Waals surface area contributed by atoms with Crippen molar-refractivity contribution in [2.45, 2.75) is 40.2 Å². The van der Waals surface area contributed by atoms with Gasteiger partial charge in [0.2, 0.25) is 5.91 Å². The molecule has 18 heavy (non-hydrogen) atoms. The lowest BCUT2D eigenvalue weighted by Gasteiger charge is -2.23. The van der Waals surface area contributed by atoms with Gasteiger partial charge in [0.25, 0.3) is 0 Å². The van der Waals surface area contributed by atoms with Gasteiger partial charge in [-0.1, -0.05) is 24.6 Å². The third kappa shape index (κ3) is 4.15. The van der Waals surface area contributed by atoms with Crippen molar-refractivity contribution in [1.29, 1.82) is 0 Å². The van der Waals surface area contributed by atoms with Gasteiger partial charge in [0.15, 0.2) is 0 Å². The van der Waals surface area contributed by atoms with E-state index in [9.17, 15) is 4.79 Å². The minimum absolute atomic E-state index is 0.176. The zero-order valence-corrected chi connectivity index (χ0v) is 11.9. The van der Waals surface area contributed by atoms with Crippen LogP contribution in [0.5, 0.6) is 0 Å². The molecule has 0 saturated heterocycles. The minimum atomic E-state index is 0.176. The van der Waals surface area contributed by atoms with E-state index in [1.165, 1.54) is 5.56 Å². The van der Waals surface area contributed by atoms with Crippen molar-refractivity contribution in [3.8, 4) is 0 Å². The summed E-state index contributed by atoms with van der Waals surface area (Å²) in [6.07, 6.45) is 0.537. The maximum absolute atomic E-state index is 12.2. The lowest BCUT2D eigenvalue weighted by atomic mass is 10.1. The highest BCUT2D eigenvalue weighted by Crippen LogP contribution is 2.16. The van der Waals surface area contributed by atoms with E-state index in [1.54, 1.807) is 0 Å². The topological polar surface area (TPSA) is 32.3 Å². The number of hydrogen-bond acceptors (Lipinski definition) is 2. The first-order valence-electron chi connectivity index (χ1n) is 6.68. The molecule has 1 amide bonds. The number of nitrogens with zero attached hydrogens (tertiary/aromatic N) is 1. The lowest BCUT2D eigenvalue weighted by molar-refractivity contribution is -0.119. The van der Waals surface area contributed by atoms with Crippen molar-refractivity contribution in [3.05, 3.63) is 29.8 Å². The van der Waals surface area contributed by atoms with E-state index in [2.05, 4.69) is 19.2 Å². The molecule has 0 radical (unpaired) electrons. The van der Waals surface area contributed by atoms with Crippen molar-refractivity contribution in [2.24, 2.45) is 0 Å². The Morgan fingerprint density at radius 3 is 2.39 bits per heavy atom. The molecule has 1 rings (SSSR count). The number of nitrogens with one attached hydrogen (secondary N) is 1. The van der Waals surface area contributed by atoms with Crippen molar-refractivity contribution in [1.82, 2.24) is 5.32 Å². The largest absolute Gasteiger partial charge is 0.314 e. The van der Waals surface area contributed by atoms with Gasteiger partial charge < -0.3 is 10.2 Å². The molecule has 0 fully saturated rings. The van der Waals surface area contributed by atoms with E-state index in [4.69, 9.17) is 0 Å². The van der Waals surface area contributed by atoms with E-state index in [-0.39, 0.29) is 11.9 Å². The average molecular weight is 248 g/mol. The zero-order valence-electron chi connectivity index (χ0n) is 11.9. The monoisotopic (exact) mass is 248 g/mol. The van der Waals surface area contributed by atoms with Gasteiger partial charge >= 0.3 is 0 Å². The van der Waals surface area contributed by atoms with Gasteiger partial charge in [-0.2, -0.15) is 0 Å². The Kier molecular flexibility index (Phi) is 5.86. The van der Waals surface area contributed by atoms with Gasteiger partial charge in [-0.25, -0.2) is 0 Å². The molecule has 1 atom stereocenters. The van der Waals surface area contributed by atoms with Crippen molar-refractivity contribution in [3.63, 3.8) is 0 Å². The number of rotatable bonds is 6. The fourth-order valence-corrected chi connectivity index (χ4v) is 2.02. The number of benzene rings is 1. The summed E-state index contributed by atoms with van der Waals surface area (Å²) in [6, 6.07) is 8.32. The fourth-order valence-electron chi connectivity index (χ4n) is 2.02. The molecule has 0 aromatic heterocycles. The average Bonchev–Trinajstić information content (AvgIpc) is 2.32. The molecule has 1 unspecified atom stereocenters. The van der Waals surface area contributed by atoms with E-state index < -0.39 is 0 Å². The van der Waals surface area contributed by atoms with Crippen LogP contribution < -0.4 is 10.2 Å². The Morgan fingerprint density at radius 1 is 1.28 bits per heavy atom. The summed E-state index contributed by atoms with van der Waals surface area (Å²) in [6.45, 7) is 9.76. The molecular formula is C15H24N2O. The Labute approximate surface area is 110 Å². The number of aryl methyl sites for hydroxylation is 1. The molecule has 0 bridgehead atoms. The van der Waals surface area contributed by atoms with Gasteiger partial charge in [0.05, 0.1) is 0 Å². The predicted molar refractivity (Wildman–Crippen MR) is 77.0 cm³/mol. The van der Waals surface area contributed by atoms with Crippen LogP contribution in [-0.4, -0.2) is 25.0 Å². The quantitative estimate of drug-likeness (QED) is 0.839. The number of anilines is 1. The number of carbonyl (C=O) groups is 1.